The first-order valence-electron chi connectivity index (χ1n) is 6.83. The standard InChI is InChI=1S/C11H24NO7P/c12-6-3-1-2-4-7-18-20(14,15)19-10-5-8-16-11(10)9-17-13/h10-11,13H,1-9,12H2,(H,14,15). The van der Waals surface area contributed by atoms with Gasteiger partial charge in [0.1, 0.15) is 18.8 Å². The van der Waals surface area contributed by atoms with Crippen LogP contribution in [0.25, 0.3) is 0 Å². The first-order chi connectivity index (χ1) is 9.59. The summed E-state index contributed by atoms with van der Waals surface area (Å²) in [6.07, 6.45) is 2.77. The highest BCUT2D eigenvalue weighted by Crippen LogP contribution is 2.46. The van der Waals surface area contributed by atoms with Gasteiger partial charge in [-0.2, -0.15) is 0 Å². The first-order valence-corrected chi connectivity index (χ1v) is 8.32. The molecule has 0 aromatic rings. The lowest BCUT2D eigenvalue weighted by atomic mass is 10.2. The number of rotatable bonds is 11. The number of hydrogen-bond acceptors (Lipinski definition) is 7. The van der Waals surface area contributed by atoms with E-state index in [1.165, 1.54) is 0 Å². The van der Waals surface area contributed by atoms with Gasteiger partial charge in [-0.1, -0.05) is 12.8 Å². The minimum absolute atomic E-state index is 0.107. The minimum atomic E-state index is -4.10. The van der Waals surface area contributed by atoms with Crippen molar-refractivity contribution in [1.29, 1.82) is 0 Å². The van der Waals surface area contributed by atoms with Crippen molar-refractivity contribution in [3.63, 3.8) is 0 Å². The van der Waals surface area contributed by atoms with E-state index in [4.69, 9.17) is 24.8 Å². The molecule has 1 fully saturated rings. The fourth-order valence-electron chi connectivity index (χ4n) is 1.96. The van der Waals surface area contributed by atoms with Crippen LogP contribution in [0.4, 0.5) is 0 Å². The van der Waals surface area contributed by atoms with E-state index in [0.29, 0.717) is 26.0 Å². The van der Waals surface area contributed by atoms with E-state index in [-0.39, 0.29) is 13.2 Å². The second kappa shape index (κ2) is 9.81. The quantitative estimate of drug-likeness (QED) is 0.226. The van der Waals surface area contributed by atoms with Gasteiger partial charge in [0.15, 0.2) is 0 Å². The highest BCUT2D eigenvalue weighted by molar-refractivity contribution is 7.47. The van der Waals surface area contributed by atoms with Crippen LogP contribution in [0, 0.1) is 0 Å². The van der Waals surface area contributed by atoms with Gasteiger partial charge in [-0.3, -0.25) is 14.3 Å². The SMILES string of the molecule is NCCCCCCOP(=O)(O)OC1CCOC1COO. The molecule has 9 heteroatoms. The Kier molecular flexibility index (Phi) is 8.83. The maximum atomic E-state index is 11.7. The molecule has 0 aromatic heterocycles. The van der Waals surface area contributed by atoms with Crippen LogP contribution < -0.4 is 5.73 Å². The lowest BCUT2D eigenvalue weighted by Gasteiger charge is -2.20. The molecule has 0 bridgehead atoms. The Labute approximate surface area is 118 Å². The summed E-state index contributed by atoms with van der Waals surface area (Å²) >= 11 is 0. The zero-order valence-electron chi connectivity index (χ0n) is 11.5. The van der Waals surface area contributed by atoms with Crippen LogP contribution in [0.2, 0.25) is 0 Å². The van der Waals surface area contributed by atoms with Crippen molar-refractivity contribution in [2.45, 2.75) is 44.3 Å². The summed E-state index contributed by atoms with van der Waals surface area (Å²) in [5.74, 6) is 0. The third-order valence-corrected chi connectivity index (χ3v) is 4.06. The average molecular weight is 313 g/mol. The second-order valence-corrected chi connectivity index (χ2v) is 6.05. The Morgan fingerprint density at radius 2 is 2.05 bits per heavy atom. The highest BCUT2D eigenvalue weighted by Gasteiger charge is 2.36. The molecule has 120 valence electrons. The molecule has 1 heterocycles. The van der Waals surface area contributed by atoms with Gasteiger partial charge in [0.25, 0.3) is 0 Å². The molecular weight excluding hydrogens is 289 g/mol. The van der Waals surface area contributed by atoms with Gasteiger partial charge in [-0.05, 0) is 19.4 Å². The molecule has 1 rings (SSSR count). The van der Waals surface area contributed by atoms with E-state index in [2.05, 4.69) is 4.89 Å². The van der Waals surface area contributed by atoms with Crippen molar-refractivity contribution >= 4 is 7.82 Å². The molecule has 0 amide bonds. The van der Waals surface area contributed by atoms with Gasteiger partial charge in [0.2, 0.25) is 0 Å². The third kappa shape index (κ3) is 7.10. The van der Waals surface area contributed by atoms with Crippen molar-refractivity contribution in [2.24, 2.45) is 5.73 Å². The van der Waals surface area contributed by atoms with Crippen molar-refractivity contribution in [1.82, 2.24) is 0 Å². The molecule has 8 nitrogen and oxygen atoms in total. The molecule has 1 aliphatic heterocycles. The van der Waals surface area contributed by atoms with Gasteiger partial charge < -0.3 is 15.4 Å². The molecular formula is C11H24NO7P. The van der Waals surface area contributed by atoms with Crippen molar-refractivity contribution in [3.8, 4) is 0 Å². The number of ether oxygens (including phenoxy) is 1. The zero-order chi connectivity index (χ0) is 14.8. The number of phosphoric ester groups is 1. The van der Waals surface area contributed by atoms with Crippen LogP contribution in [-0.2, 0) is 23.2 Å². The Bertz CT molecular complexity index is 304. The van der Waals surface area contributed by atoms with Gasteiger partial charge >= 0.3 is 7.82 Å². The fourth-order valence-corrected chi connectivity index (χ4v) is 2.96. The lowest BCUT2D eigenvalue weighted by molar-refractivity contribution is -0.261. The first kappa shape index (κ1) is 18.0. The van der Waals surface area contributed by atoms with Gasteiger partial charge in [0.05, 0.1) is 6.61 Å². The van der Waals surface area contributed by atoms with Crippen LogP contribution in [-0.4, -0.2) is 48.7 Å². The molecule has 20 heavy (non-hydrogen) atoms. The third-order valence-electron chi connectivity index (χ3n) is 3.01. The molecule has 3 unspecified atom stereocenters. The molecule has 0 spiro atoms. The molecule has 0 saturated carbocycles. The smallest absolute Gasteiger partial charge is 0.373 e. The number of nitrogens with two attached hydrogens (primary N) is 1. The van der Waals surface area contributed by atoms with Gasteiger partial charge in [-0.25, -0.2) is 9.45 Å². The summed E-state index contributed by atoms with van der Waals surface area (Å²) in [7, 11) is -4.10. The van der Waals surface area contributed by atoms with E-state index < -0.39 is 20.0 Å². The summed E-state index contributed by atoms with van der Waals surface area (Å²) in [4.78, 5) is 13.6. The topological polar surface area (TPSA) is 120 Å². The van der Waals surface area contributed by atoms with Crippen molar-refractivity contribution in [2.75, 3.05) is 26.4 Å². The van der Waals surface area contributed by atoms with E-state index in [1.807, 2.05) is 0 Å². The van der Waals surface area contributed by atoms with Gasteiger partial charge in [-0.15, -0.1) is 0 Å². The Hall–Kier alpha value is -0.0500. The van der Waals surface area contributed by atoms with Crippen LogP contribution in [0.15, 0.2) is 0 Å². The molecule has 3 atom stereocenters. The summed E-state index contributed by atoms with van der Waals surface area (Å²) in [6.45, 7) is 1.09. The predicted molar refractivity (Wildman–Crippen MR) is 71.1 cm³/mol. The predicted octanol–water partition coefficient (Wildman–Crippen LogP) is 1.29. The maximum Gasteiger partial charge on any atom is 0.472 e. The lowest BCUT2D eigenvalue weighted by Crippen LogP contribution is -2.28. The van der Waals surface area contributed by atoms with E-state index in [1.54, 1.807) is 0 Å². The van der Waals surface area contributed by atoms with Crippen molar-refractivity contribution in [3.05, 3.63) is 0 Å². The molecule has 0 aliphatic carbocycles. The summed E-state index contributed by atoms with van der Waals surface area (Å²) in [5.41, 5.74) is 5.37. The van der Waals surface area contributed by atoms with Gasteiger partial charge in [0, 0.05) is 13.0 Å². The largest absolute Gasteiger partial charge is 0.472 e. The van der Waals surface area contributed by atoms with E-state index in [9.17, 15) is 9.46 Å². The van der Waals surface area contributed by atoms with Crippen molar-refractivity contribution < 1.29 is 33.4 Å². The van der Waals surface area contributed by atoms with E-state index >= 15 is 0 Å². The maximum absolute atomic E-state index is 11.7. The molecule has 0 radical (unpaired) electrons. The fraction of sp³-hybridized carbons (Fsp3) is 1.00. The average Bonchev–Trinajstić information content (AvgIpc) is 2.81. The molecule has 1 saturated heterocycles. The highest BCUT2D eigenvalue weighted by atomic mass is 31.2. The Morgan fingerprint density at radius 1 is 1.30 bits per heavy atom. The minimum Gasteiger partial charge on any atom is -0.373 e. The second-order valence-electron chi connectivity index (χ2n) is 4.64. The van der Waals surface area contributed by atoms with Crippen LogP contribution in [0.3, 0.4) is 0 Å². The number of hydrogen-bond donors (Lipinski definition) is 3. The molecule has 1 aliphatic rings. The van der Waals surface area contributed by atoms with Crippen LogP contribution >= 0.6 is 7.82 Å². The number of phosphoric acid groups is 1. The summed E-state index contributed by atoms with van der Waals surface area (Å²) in [6, 6.07) is 0. The zero-order valence-corrected chi connectivity index (χ0v) is 12.4. The molecule has 4 N–H and O–H groups in total. The van der Waals surface area contributed by atoms with Crippen LogP contribution in [0.5, 0.6) is 0 Å². The van der Waals surface area contributed by atoms with Crippen LogP contribution in [0.1, 0.15) is 32.1 Å². The normalized spacial score (nSPS) is 25.8. The van der Waals surface area contributed by atoms with E-state index in [0.717, 1.165) is 19.3 Å². The molecule has 0 aromatic carbocycles. The summed E-state index contributed by atoms with van der Waals surface area (Å²) in [5, 5.41) is 8.38. The summed E-state index contributed by atoms with van der Waals surface area (Å²) < 4.78 is 26.9. The number of unbranched alkanes of at least 4 members (excludes halogenated alkanes) is 3. The Morgan fingerprint density at radius 3 is 2.75 bits per heavy atom. The monoisotopic (exact) mass is 313 g/mol. The Balaban J connectivity index is 2.21.